The highest BCUT2D eigenvalue weighted by Crippen LogP contribution is 2.30. The van der Waals surface area contributed by atoms with Crippen LogP contribution in [0.25, 0.3) is 0 Å². The molecule has 2 aromatic rings. The van der Waals surface area contributed by atoms with Crippen LogP contribution in [0.15, 0.2) is 28.9 Å². The van der Waals surface area contributed by atoms with Gasteiger partial charge in [0.2, 0.25) is 0 Å². The van der Waals surface area contributed by atoms with Gasteiger partial charge in [-0.15, -0.1) is 0 Å². The third-order valence-electron chi connectivity index (χ3n) is 3.19. The van der Waals surface area contributed by atoms with Gasteiger partial charge in [-0.3, -0.25) is 4.68 Å². The molecule has 0 aliphatic rings. The lowest BCUT2D eigenvalue weighted by molar-refractivity contribution is 0.368. The SMILES string of the molecule is CN(C)CCn1ncc(Cl)c1C(N)c1ccc(Br)c(Cl)c1. The predicted molar refractivity (Wildman–Crippen MR) is 91.0 cm³/mol. The van der Waals surface area contributed by atoms with Gasteiger partial charge >= 0.3 is 0 Å². The quantitative estimate of drug-likeness (QED) is 0.847. The van der Waals surface area contributed by atoms with Crippen molar-refractivity contribution in [3.63, 3.8) is 0 Å². The second-order valence-corrected chi connectivity index (χ2v) is 6.72. The van der Waals surface area contributed by atoms with Gasteiger partial charge in [0.05, 0.1) is 34.5 Å². The molecule has 0 saturated heterocycles. The number of rotatable bonds is 5. The fourth-order valence-corrected chi connectivity index (χ4v) is 2.71. The van der Waals surface area contributed by atoms with E-state index in [0.29, 0.717) is 10.0 Å². The molecular weight excluding hydrogens is 375 g/mol. The summed E-state index contributed by atoms with van der Waals surface area (Å²) in [7, 11) is 4.03. The highest BCUT2D eigenvalue weighted by atomic mass is 79.9. The first-order chi connectivity index (χ1) is 9.90. The number of halogens is 3. The van der Waals surface area contributed by atoms with Crippen molar-refractivity contribution in [1.82, 2.24) is 14.7 Å². The molecule has 7 heteroatoms. The highest BCUT2D eigenvalue weighted by Gasteiger charge is 2.19. The summed E-state index contributed by atoms with van der Waals surface area (Å²) in [5, 5.41) is 5.50. The minimum absolute atomic E-state index is 0.368. The lowest BCUT2D eigenvalue weighted by Gasteiger charge is -2.17. The Morgan fingerprint density at radius 3 is 2.67 bits per heavy atom. The first kappa shape index (κ1) is 16.8. The molecule has 0 saturated carbocycles. The second-order valence-electron chi connectivity index (χ2n) is 5.06. The Bertz CT molecular complexity index is 627. The fraction of sp³-hybridized carbons (Fsp3) is 0.357. The van der Waals surface area contributed by atoms with Crippen LogP contribution >= 0.6 is 39.1 Å². The summed E-state index contributed by atoms with van der Waals surface area (Å²) in [6, 6.07) is 5.29. The van der Waals surface area contributed by atoms with E-state index in [9.17, 15) is 0 Å². The molecule has 21 heavy (non-hydrogen) atoms. The summed E-state index contributed by atoms with van der Waals surface area (Å²) in [5.41, 5.74) is 8.06. The Kier molecular flexibility index (Phi) is 5.68. The van der Waals surface area contributed by atoms with E-state index >= 15 is 0 Å². The van der Waals surface area contributed by atoms with E-state index in [2.05, 4.69) is 25.9 Å². The van der Waals surface area contributed by atoms with Gasteiger partial charge in [0, 0.05) is 11.0 Å². The van der Waals surface area contributed by atoms with Crippen LogP contribution in [-0.2, 0) is 6.54 Å². The van der Waals surface area contributed by atoms with Gasteiger partial charge < -0.3 is 10.6 Å². The van der Waals surface area contributed by atoms with Gasteiger partial charge in [0.1, 0.15) is 0 Å². The van der Waals surface area contributed by atoms with Crippen molar-refractivity contribution in [1.29, 1.82) is 0 Å². The monoisotopic (exact) mass is 390 g/mol. The number of hydrogen-bond donors (Lipinski definition) is 1. The standard InChI is InChI=1S/C14H17BrCl2N4/c1-20(2)5-6-21-14(12(17)8-19-21)13(18)9-3-4-10(15)11(16)7-9/h3-4,7-8,13H,5-6,18H2,1-2H3. The molecule has 1 heterocycles. The molecule has 0 aliphatic heterocycles. The molecular formula is C14H17BrCl2N4. The molecule has 0 amide bonds. The number of aromatic nitrogens is 2. The van der Waals surface area contributed by atoms with Gasteiger partial charge in [0.25, 0.3) is 0 Å². The van der Waals surface area contributed by atoms with E-state index in [-0.39, 0.29) is 6.04 Å². The lowest BCUT2D eigenvalue weighted by atomic mass is 10.0. The Morgan fingerprint density at radius 2 is 2.05 bits per heavy atom. The molecule has 1 aromatic carbocycles. The molecule has 4 nitrogen and oxygen atoms in total. The van der Waals surface area contributed by atoms with E-state index in [0.717, 1.165) is 28.8 Å². The second kappa shape index (κ2) is 7.11. The summed E-state index contributed by atoms with van der Waals surface area (Å²) in [6.45, 7) is 1.59. The Morgan fingerprint density at radius 1 is 1.33 bits per heavy atom. The maximum Gasteiger partial charge on any atom is 0.0837 e. The van der Waals surface area contributed by atoms with Gasteiger partial charge in [-0.05, 0) is 47.7 Å². The highest BCUT2D eigenvalue weighted by molar-refractivity contribution is 9.10. The Balaban J connectivity index is 2.31. The number of nitrogens with two attached hydrogens (primary N) is 1. The molecule has 1 atom stereocenters. The van der Waals surface area contributed by atoms with Gasteiger partial charge in [-0.25, -0.2) is 0 Å². The van der Waals surface area contributed by atoms with Crippen LogP contribution in [0.4, 0.5) is 0 Å². The zero-order chi connectivity index (χ0) is 15.6. The van der Waals surface area contributed by atoms with Crippen molar-refractivity contribution < 1.29 is 0 Å². The molecule has 2 rings (SSSR count). The molecule has 114 valence electrons. The van der Waals surface area contributed by atoms with Gasteiger partial charge in [-0.2, -0.15) is 5.10 Å². The minimum atomic E-state index is -0.368. The first-order valence-electron chi connectivity index (χ1n) is 6.46. The molecule has 0 aliphatic carbocycles. The number of hydrogen-bond acceptors (Lipinski definition) is 3. The van der Waals surface area contributed by atoms with Crippen LogP contribution in [-0.4, -0.2) is 35.3 Å². The van der Waals surface area contributed by atoms with Crippen LogP contribution in [0, 0.1) is 0 Å². The maximum absolute atomic E-state index is 6.35. The van der Waals surface area contributed by atoms with Gasteiger partial charge in [-0.1, -0.05) is 29.3 Å². The van der Waals surface area contributed by atoms with Crippen molar-refractivity contribution in [3.8, 4) is 0 Å². The molecule has 0 fully saturated rings. The number of likely N-dealkylation sites (N-methyl/N-ethyl adjacent to an activating group) is 1. The van der Waals surface area contributed by atoms with Crippen molar-refractivity contribution in [2.24, 2.45) is 5.73 Å². The molecule has 0 spiro atoms. The topological polar surface area (TPSA) is 47.1 Å². The van der Waals surface area contributed by atoms with Crippen molar-refractivity contribution in [2.45, 2.75) is 12.6 Å². The third kappa shape index (κ3) is 3.99. The summed E-state index contributed by atoms with van der Waals surface area (Å²) in [4.78, 5) is 2.08. The molecule has 0 radical (unpaired) electrons. The first-order valence-corrected chi connectivity index (χ1v) is 8.01. The number of benzene rings is 1. The van der Waals surface area contributed by atoms with Crippen molar-refractivity contribution in [3.05, 3.63) is 50.2 Å². The van der Waals surface area contributed by atoms with Crippen molar-refractivity contribution in [2.75, 3.05) is 20.6 Å². The van der Waals surface area contributed by atoms with E-state index in [1.165, 1.54) is 0 Å². The van der Waals surface area contributed by atoms with E-state index in [4.69, 9.17) is 28.9 Å². The van der Waals surface area contributed by atoms with E-state index in [1.54, 1.807) is 6.20 Å². The molecule has 0 bridgehead atoms. The Hall–Kier alpha value is -0.590. The molecule has 2 N–H and O–H groups in total. The van der Waals surface area contributed by atoms with Crippen LogP contribution in [0.2, 0.25) is 10.0 Å². The maximum atomic E-state index is 6.35. The zero-order valence-electron chi connectivity index (χ0n) is 11.9. The largest absolute Gasteiger partial charge is 0.319 e. The normalized spacial score (nSPS) is 12.9. The van der Waals surface area contributed by atoms with Gasteiger partial charge in [0.15, 0.2) is 0 Å². The summed E-state index contributed by atoms with van der Waals surface area (Å²) in [5.74, 6) is 0. The third-order valence-corrected chi connectivity index (χ3v) is 4.71. The van der Waals surface area contributed by atoms with E-state index < -0.39 is 0 Å². The smallest absolute Gasteiger partial charge is 0.0837 e. The summed E-state index contributed by atoms with van der Waals surface area (Å²) >= 11 is 15.8. The van der Waals surface area contributed by atoms with Crippen LogP contribution in [0.3, 0.4) is 0 Å². The van der Waals surface area contributed by atoms with Crippen molar-refractivity contribution >= 4 is 39.1 Å². The zero-order valence-corrected chi connectivity index (χ0v) is 15.0. The van der Waals surface area contributed by atoms with Crippen LogP contribution in [0.5, 0.6) is 0 Å². The Labute approximate surface area is 142 Å². The van der Waals surface area contributed by atoms with Crippen LogP contribution < -0.4 is 5.73 Å². The summed E-state index contributed by atoms with van der Waals surface area (Å²) < 4.78 is 2.69. The average molecular weight is 392 g/mol. The molecule has 1 aromatic heterocycles. The average Bonchev–Trinajstić information content (AvgIpc) is 2.80. The predicted octanol–water partition coefficient (Wildman–Crippen LogP) is 3.56. The van der Waals surface area contributed by atoms with E-state index in [1.807, 2.05) is 37.0 Å². The fourth-order valence-electron chi connectivity index (χ4n) is 2.02. The van der Waals surface area contributed by atoms with Crippen LogP contribution in [0.1, 0.15) is 17.3 Å². The minimum Gasteiger partial charge on any atom is -0.319 e. The lowest BCUT2D eigenvalue weighted by Crippen LogP contribution is -2.23. The number of nitrogens with zero attached hydrogens (tertiary/aromatic N) is 3. The summed E-state index contributed by atoms with van der Waals surface area (Å²) in [6.07, 6.45) is 1.63. The molecule has 1 unspecified atom stereocenters.